The number of halogens is 1. The van der Waals surface area contributed by atoms with E-state index in [1.54, 1.807) is 6.07 Å². The highest BCUT2D eigenvalue weighted by Gasteiger charge is 2.20. The van der Waals surface area contributed by atoms with Crippen LogP contribution in [0.25, 0.3) is 0 Å². The maximum Gasteiger partial charge on any atom is 0.212 e. The van der Waals surface area contributed by atoms with Crippen LogP contribution in [0.3, 0.4) is 0 Å². The van der Waals surface area contributed by atoms with E-state index in [0.717, 1.165) is 18.2 Å². The zero-order valence-electron chi connectivity index (χ0n) is 6.76. The van der Waals surface area contributed by atoms with Crippen molar-refractivity contribution in [3.8, 4) is 0 Å². The van der Waals surface area contributed by atoms with Gasteiger partial charge in [0.2, 0.25) is 5.95 Å². The molecule has 1 aromatic heterocycles. The second kappa shape index (κ2) is 3.09. The van der Waals surface area contributed by atoms with Gasteiger partial charge < -0.3 is 5.32 Å². The molecule has 1 N–H and O–H groups in total. The Kier molecular flexibility index (Phi) is 1.94. The lowest BCUT2D eigenvalue weighted by atomic mass is 10.3. The summed E-state index contributed by atoms with van der Waals surface area (Å²) in [6.07, 6.45) is 4.17. The Balaban J connectivity index is 1.89. The van der Waals surface area contributed by atoms with E-state index >= 15 is 0 Å². The molecule has 1 fully saturated rings. The lowest BCUT2D eigenvalue weighted by Gasteiger charge is -2.02. The minimum absolute atomic E-state index is 0.424. The third kappa shape index (κ3) is 1.94. The molecule has 0 unspecified atom stereocenters. The van der Waals surface area contributed by atoms with Crippen LogP contribution in [0, 0.1) is 11.9 Å². The number of aromatic nitrogens is 1. The van der Waals surface area contributed by atoms with Crippen LogP contribution in [0.2, 0.25) is 0 Å². The van der Waals surface area contributed by atoms with Gasteiger partial charge in [-0.25, -0.2) is 4.98 Å². The van der Waals surface area contributed by atoms with Gasteiger partial charge in [0.15, 0.2) is 0 Å². The van der Waals surface area contributed by atoms with Gasteiger partial charge in [-0.3, -0.25) is 0 Å². The summed E-state index contributed by atoms with van der Waals surface area (Å²) in [5.74, 6) is 0.405. The van der Waals surface area contributed by atoms with Gasteiger partial charge in [0.1, 0.15) is 0 Å². The van der Waals surface area contributed by atoms with Gasteiger partial charge in [-0.15, -0.1) is 0 Å². The van der Waals surface area contributed by atoms with Crippen LogP contribution in [0.4, 0.5) is 10.1 Å². The number of nitrogens with one attached hydrogen (secondary N) is 1. The summed E-state index contributed by atoms with van der Waals surface area (Å²) in [5.41, 5.74) is 0.906. The second-order valence-corrected chi connectivity index (χ2v) is 3.19. The van der Waals surface area contributed by atoms with Gasteiger partial charge in [0, 0.05) is 6.54 Å². The highest BCUT2D eigenvalue weighted by Crippen LogP contribution is 2.28. The summed E-state index contributed by atoms with van der Waals surface area (Å²) in [5, 5.41) is 3.20. The first-order valence-electron chi connectivity index (χ1n) is 4.20. The molecule has 2 rings (SSSR count). The normalized spacial score (nSPS) is 16.1. The summed E-state index contributed by atoms with van der Waals surface area (Å²) in [4.78, 5) is 3.55. The molecule has 0 saturated heterocycles. The summed E-state index contributed by atoms with van der Waals surface area (Å²) in [6, 6.07) is 3.08. The number of pyridine rings is 1. The average molecular weight is 166 g/mol. The number of hydrogen-bond donors (Lipinski definition) is 1. The molecule has 0 amide bonds. The van der Waals surface area contributed by atoms with Crippen molar-refractivity contribution in [2.24, 2.45) is 5.92 Å². The zero-order valence-corrected chi connectivity index (χ0v) is 6.76. The highest BCUT2D eigenvalue weighted by atomic mass is 19.1. The molecule has 1 saturated carbocycles. The smallest absolute Gasteiger partial charge is 0.212 e. The molecular formula is C9H11FN2. The predicted octanol–water partition coefficient (Wildman–Crippen LogP) is 2.04. The third-order valence-electron chi connectivity index (χ3n) is 2.02. The number of anilines is 1. The number of rotatable bonds is 3. The van der Waals surface area contributed by atoms with Gasteiger partial charge in [0.05, 0.1) is 11.9 Å². The maximum absolute atomic E-state index is 12.4. The fourth-order valence-corrected chi connectivity index (χ4v) is 1.06. The lowest BCUT2D eigenvalue weighted by molar-refractivity contribution is 0.584. The van der Waals surface area contributed by atoms with Crippen LogP contribution in [0.15, 0.2) is 18.3 Å². The molecular weight excluding hydrogens is 155 g/mol. The van der Waals surface area contributed by atoms with E-state index in [1.807, 2.05) is 0 Å². The molecule has 0 aliphatic heterocycles. The van der Waals surface area contributed by atoms with Crippen molar-refractivity contribution < 1.29 is 4.39 Å². The summed E-state index contributed by atoms with van der Waals surface area (Å²) >= 11 is 0. The lowest BCUT2D eigenvalue weighted by Crippen LogP contribution is -2.03. The van der Waals surface area contributed by atoms with E-state index in [9.17, 15) is 4.39 Å². The van der Waals surface area contributed by atoms with Gasteiger partial charge in [0.25, 0.3) is 0 Å². The fourth-order valence-electron chi connectivity index (χ4n) is 1.06. The topological polar surface area (TPSA) is 24.9 Å². The summed E-state index contributed by atoms with van der Waals surface area (Å²) < 4.78 is 12.4. The molecule has 3 heteroatoms. The van der Waals surface area contributed by atoms with Gasteiger partial charge in [-0.05, 0) is 30.9 Å². The molecule has 1 aliphatic carbocycles. The molecule has 0 radical (unpaired) electrons. The monoisotopic (exact) mass is 166 g/mol. The maximum atomic E-state index is 12.4. The Morgan fingerprint density at radius 3 is 2.92 bits per heavy atom. The molecule has 0 aromatic carbocycles. The fraction of sp³-hybridized carbons (Fsp3) is 0.444. The van der Waals surface area contributed by atoms with E-state index in [0.29, 0.717) is 0 Å². The third-order valence-corrected chi connectivity index (χ3v) is 2.02. The van der Waals surface area contributed by atoms with E-state index in [-0.39, 0.29) is 0 Å². The summed E-state index contributed by atoms with van der Waals surface area (Å²) in [6.45, 7) is 0.993. The molecule has 0 spiro atoms. The SMILES string of the molecule is Fc1ccc(NCC2CC2)cn1. The highest BCUT2D eigenvalue weighted by molar-refractivity contribution is 5.39. The van der Waals surface area contributed by atoms with Crippen molar-refractivity contribution in [3.63, 3.8) is 0 Å². The summed E-state index contributed by atoms with van der Waals surface area (Å²) in [7, 11) is 0. The Labute approximate surface area is 70.8 Å². The van der Waals surface area contributed by atoms with Gasteiger partial charge in [-0.1, -0.05) is 0 Å². The van der Waals surface area contributed by atoms with Gasteiger partial charge >= 0.3 is 0 Å². The van der Waals surface area contributed by atoms with E-state index in [1.165, 1.54) is 25.1 Å². The van der Waals surface area contributed by atoms with Crippen molar-refractivity contribution in [3.05, 3.63) is 24.3 Å². The molecule has 2 nitrogen and oxygen atoms in total. The van der Waals surface area contributed by atoms with Crippen LogP contribution in [-0.2, 0) is 0 Å². The Morgan fingerprint density at radius 2 is 2.33 bits per heavy atom. The van der Waals surface area contributed by atoms with Crippen LogP contribution in [-0.4, -0.2) is 11.5 Å². The van der Waals surface area contributed by atoms with Crippen LogP contribution >= 0.6 is 0 Å². The predicted molar refractivity (Wildman–Crippen MR) is 45.4 cm³/mol. The first kappa shape index (κ1) is 7.53. The molecule has 0 atom stereocenters. The molecule has 0 bridgehead atoms. The molecule has 1 aromatic rings. The Hall–Kier alpha value is -1.12. The van der Waals surface area contributed by atoms with Crippen LogP contribution < -0.4 is 5.32 Å². The van der Waals surface area contributed by atoms with Crippen molar-refractivity contribution in [1.82, 2.24) is 4.98 Å². The second-order valence-electron chi connectivity index (χ2n) is 3.19. The van der Waals surface area contributed by atoms with Crippen molar-refractivity contribution in [2.75, 3.05) is 11.9 Å². The molecule has 1 heterocycles. The van der Waals surface area contributed by atoms with E-state index in [2.05, 4.69) is 10.3 Å². The van der Waals surface area contributed by atoms with E-state index in [4.69, 9.17) is 0 Å². The largest absolute Gasteiger partial charge is 0.384 e. The van der Waals surface area contributed by atoms with Crippen molar-refractivity contribution >= 4 is 5.69 Å². The van der Waals surface area contributed by atoms with Crippen LogP contribution in [0.5, 0.6) is 0 Å². The Morgan fingerprint density at radius 1 is 1.50 bits per heavy atom. The van der Waals surface area contributed by atoms with E-state index < -0.39 is 5.95 Å². The standard InChI is InChI=1S/C9H11FN2/c10-9-4-3-8(6-12-9)11-5-7-1-2-7/h3-4,6-7,11H,1-2,5H2. The zero-order chi connectivity index (χ0) is 8.39. The Bertz CT molecular complexity index is 254. The van der Waals surface area contributed by atoms with Crippen LogP contribution in [0.1, 0.15) is 12.8 Å². The number of nitrogens with zero attached hydrogens (tertiary/aromatic N) is 1. The number of hydrogen-bond acceptors (Lipinski definition) is 2. The first-order chi connectivity index (χ1) is 5.84. The van der Waals surface area contributed by atoms with Crippen molar-refractivity contribution in [1.29, 1.82) is 0 Å². The minimum atomic E-state index is -0.424. The first-order valence-corrected chi connectivity index (χ1v) is 4.20. The average Bonchev–Trinajstić information content (AvgIpc) is 2.87. The van der Waals surface area contributed by atoms with Gasteiger partial charge in [-0.2, -0.15) is 4.39 Å². The minimum Gasteiger partial charge on any atom is -0.384 e. The van der Waals surface area contributed by atoms with Crippen molar-refractivity contribution in [2.45, 2.75) is 12.8 Å². The molecule has 1 aliphatic rings. The molecule has 64 valence electrons. The quantitative estimate of drug-likeness (QED) is 0.695. The molecule has 12 heavy (non-hydrogen) atoms.